The van der Waals surface area contributed by atoms with Crippen molar-refractivity contribution >= 4 is 27.3 Å². The first-order valence-electron chi connectivity index (χ1n) is 7.23. The van der Waals surface area contributed by atoms with Gasteiger partial charge in [0.1, 0.15) is 0 Å². The van der Waals surface area contributed by atoms with Gasteiger partial charge in [-0.05, 0) is 38.7 Å². The van der Waals surface area contributed by atoms with Gasteiger partial charge in [-0.1, -0.05) is 19.3 Å². The van der Waals surface area contributed by atoms with Crippen molar-refractivity contribution in [2.24, 2.45) is 11.1 Å². The molecule has 1 heterocycles. The lowest BCUT2D eigenvalue weighted by atomic mass is 9.84. The maximum Gasteiger partial charge on any atom is 0.261 e. The lowest BCUT2D eigenvalue weighted by molar-refractivity contribution is 0.0923. The molecule has 118 valence electrons. The molecule has 0 saturated heterocycles. The van der Waals surface area contributed by atoms with E-state index in [1.165, 1.54) is 36.7 Å². The van der Waals surface area contributed by atoms with Crippen LogP contribution in [0.5, 0.6) is 0 Å². The van der Waals surface area contributed by atoms with Gasteiger partial charge in [0, 0.05) is 10.9 Å². The summed E-state index contributed by atoms with van der Waals surface area (Å²) in [5, 5.41) is 8.13. The fourth-order valence-electron chi connectivity index (χ4n) is 2.89. The van der Waals surface area contributed by atoms with E-state index in [4.69, 9.17) is 5.14 Å². The van der Waals surface area contributed by atoms with Crippen LogP contribution in [0.25, 0.3) is 0 Å². The number of nitrogens with one attached hydrogen (secondary N) is 1. The van der Waals surface area contributed by atoms with E-state index in [0.717, 1.165) is 12.8 Å². The summed E-state index contributed by atoms with van der Waals surface area (Å²) in [5.41, 5.74) is 0. The highest BCUT2D eigenvalue weighted by atomic mass is 32.2. The van der Waals surface area contributed by atoms with E-state index in [1.54, 1.807) is 6.92 Å². The Morgan fingerprint density at radius 1 is 1.38 bits per heavy atom. The molecule has 1 atom stereocenters. The Kier molecular flexibility index (Phi) is 5.06. The molecule has 3 N–H and O–H groups in total. The third-order valence-corrected chi connectivity index (χ3v) is 6.33. The van der Waals surface area contributed by atoms with Crippen LogP contribution >= 0.6 is 11.3 Å². The smallest absolute Gasteiger partial charge is 0.261 e. The molecule has 5 nitrogen and oxygen atoms in total. The molecule has 1 amide bonds. The molecule has 7 heteroatoms. The second-order valence-corrected chi connectivity index (χ2v) is 8.52. The zero-order valence-corrected chi connectivity index (χ0v) is 14.0. The summed E-state index contributed by atoms with van der Waals surface area (Å²) in [4.78, 5) is 13.2. The quantitative estimate of drug-likeness (QED) is 0.888. The monoisotopic (exact) mass is 330 g/mol. The SMILES string of the molecule is Cc1sc(C(=O)NC(C)C2CCCCC2)cc1S(N)(=O)=O. The van der Waals surface area contributed by atoms with Gasteiger partial charge < -0.3 is 5.32 Å². The van der Waals surface area contributed by atoms with Crippen LogP contribution in [-0.4, -0.2) is 20.4 Å². The molecular formula is C14H22N2O3S2. The Hall–Kier alpha value is -0.920. The molecule has 1 aliphatic rings. The number of sulfonamides is 1. The lowest BCUT2D eigenvalue weighted by Crippen LogP contribution is -2.38. The number of hydrogen-bond donors (Lipinski definition) is 2. The number of primary sulfonamides is 1. The van der Waals surface area contributed by atoms with E-state index < -0.39 is 10.0 Å². The van der Waals surface area contributed by atoms with Gasteiger partial charge >= 0.3 is 0 Å². The third kappa shape index (κ3) is 4.05. The van der Waals surface area contributed by atoms with Crippen LogP contribution in [0, 0.1) is 12.8 Å². The summed E-state index contributed by atoms with van der Waals surface area (Å²) < 4.78 is 22.8. The topological polar surface area (TPSA) is 89.3 Å². The molecule has 0 radical (unpaired) electrons. The summed E-state index contributed by atoms with van der Waals surface area (Å²) in [6.07, 6.45) is 6.01. The van der Waals surface area contributed by atoms with E-state index in [-0.39, 0.29) is 16.8 Å². The number of aryl methyl sites for hydroxylation is 1. The molecule has 0 spiro atoms. The molecule has 0 aliphatic heterocycles. The summed E-state index contributed by atoms with van der Waals surface area (Å²) in [6.45, 7) is 3.68. The van der Waals surface area contributed by atoms with Gasteiger partial charge in [-0.2, -0.15) is 0 Å². The molecule has 1 aromatic heterocycles. The zero-order chi connectivity index (χ0) is 15.6. The van der Waals surface area contributed by atoms with Crippen molar-refractivity contribution in [1.82, 2.24) is 5.32 Å². The highest BCUT2D eigenvalue weighted by Gasteiger charge is 2.24. The fraction of sp³-hybridized carbons (Fsp3) is 0.643. The predicted octanol–water partition coefficient (Wildman–Crippen LogP) is 2.40. The van der Waals surface area contributed by atoms with E-state index in [0.29, 0.717) is 15.7 Å². The summed E-state index contributed by atoms with van der Waals surface area (Å²) in [5.74, 6) is 0.303. The Morgan fingerprint density at radius 3 is 2.52 bits per heavy atom. The highest BCUT2D eigenvalue weighted by molar-refractivity contribution is 7.89. The molecular weight excluding hydrogens is 308 g/mol. The molecule has 0 aromatic carbocycles. The minimum absolute atomic E-state index is 0.0444. The summed E-state index contributed by atoms with van der Waals surface area (Å²) in [7, 11) is -3.76. The molecule has 1 unspecified atom stereocenters. The second kappa shape index (κ2) is 6.46. The highest BCUT2D eigenvalue weighted by Crippen LogP contribution is 2.28. The molecule has 0 bridgehead atoms. The van der Waals surface area contributed by atoms with Crippen LogP contribution in [0.3, 0.4) is 0 Å². The molecule has 1 saturated carbocycles. The number of amides is 1. The van der Waals surface area contributed by atoms with Crippen molar-refractivity contribution in [2.45, 2.75) is 56.9 Å². The number of carbonyl (C=O) groups is 1. The molecule has 1 aromatic rings. The van der Waals surface area contributed by atoms with Crippen molar-refractivity contribution in [1.29, 1.82) is 0 Å². The summed E-state index contributed by atoms with van der Waals surface area (Å²) >= 11 is 1.17. The van der Waals surface area contributed by atoms with Crippen LogP contribution in [0.15, 0.2) is 11.0 Å². The normalized spacial score (nSPS) is 18.4. The number of thiophene rings is 1. The molecule has 21 heavy (non-hydrogen) atoms. The Labute approximate surface area is 130 Å². The fourth-order valence-corrected chi connectivity index (χ4v) is 4.94. The Morgan fingerprint density at radius 2 is 2.00 bits per heavy atom. The van der Waals surface area contributed by atoms with Gasteiger partial charge in [-0.25, -0.2) is 13.6 Å². The minimum atomic E-state index is -3.76. The predicted molar refractivity (Wildman–Crippen MR) is 83.9 cm³/mol. The van der Waals surface area contributed by atoms with E-state index in [2.05, 4.69) is 5.32 Å². The second-order valence-electron chi connectivity index (χ2n) is 5.74. The Bertz CT molecular complexity index is 616. The van der Waals surface area contributed by atoms with E-state index >= 15 is 0 Å². The number of rotatable bonds is 4. The maximum atomic E-state index is 12.3. The van der Waals surface area contributed by atoms with Gasteiger partial charge in [0.05, 0.1) is 9.77 Å². The lowest BCUT2D eigenvalue weighted by Gasteiger charge is -2.28. The van der Waals surface area contributed by atoms with E-state index in [9.17, 15) is 13.2 Å². The first-order valence-corrected chi connectivity index (χ1v) is 9.59. The van der Waals surface area contributed by atoms with E-state index in [1.807, 2.05) is 6.92 Å². The number of nitrogens with two attached hydrogens (primary N) is 1. The van der Waals surface area contributed by atoms with Crippen molar-refractivity contribution in [3.63, 3.8) is 0 Å². The largest absolute Gasteiger partial charge is 0.349 e. The van der Waals surface area contributed by atoms with Crippen LogP contribution in [0.4, 0.5) is 0 Å². The summed E-state index contributed by atoms with van der Waals surface area (Å²) in [6, 6.07) is 1.48. The van der Waals surface area contributed by atoms with Crippen molar-refractivity contribution in [3.05, 3.63) is 15.8 Å². The van der Waals surface area contributed by atoms with Gasteiger partial charge in [0.15, 0.2) is 0 Å². The van der Waals surface area contributed by atoms with Crippen LogP contribution in [0.1, 0.15) is 53.6 Å². The van der Waals surface area contributed by atoms with Gasteiger partial charge in [-0.15, -0.1) is 11.3 Å². The van der Waals surface area contributed by atoms with Crippen molar-refractivity contribution in [3.8, 4) is 0 Å². The van der Waals surface area contributed by atoms with Gasteiger partial charge in [-0.3, -0.25) is 4.79 Å². The number of hydrogen-bond acceptors (Lipinski definition) is 4. The zero-order valence-electron chi connectivity index (χ0n) is 12.4. The third-order valence-electron chi connectivity index (χ3n) is 4.12. The standard InChI is InChI=1S/C14H22N2O3S2/c1-9(11-6-4-3-5-7-11)16-14(17)12-8-13(10(2)20-12)21(15,18)19/h8-9,11H,3-7H2,1-2H3,(H,16,17)(H2,15,18,19). The first-order chi connectivity index (χ1) is 9.79. The average molecular weight is 330 g/mol. The maximum absolute atomic E-state index is 12.3. The minimum Gasteiger partial charge on any atom is -0.349 e. The average Bonchev–Trinajstić information content (AvgIpc) is 2.82. The number of carbonyl (C=O) groups excluding carboxylic acids is 1. The molecule has 1 fully saturated rings. The molecule has 2 rings (SSSR count). The van der Waals surface area contributed by atoms with Crippen LogP contribution in [0.2, 0.25) is 0 Å². The van der Waals surface area contributed by atoms with Gasteiger partial charge in [0.2, 0.25) is 10.0 Å². The molecule has 1 aliphatic carbocycles. The Balaban J connectivity index is 2.06. The van der Waals surface area contributed by atoms with Crippen LogP contribution in [-0.2, 0) is 10.0 Å². The van der Waals surface area contributed by atoms with Gasteiger partial charge in [0.25, 0.3) is 5.91 Å². The van der Waals surface area contributed by atoms with Crippen LogP contribution < -0.4 is 10.5 Å². The first kappa shape index (κ1) is 16.5. The van der Waals surface area contributed by atoms with Crippen molar-refractivity contribution < 1.29 is 13.2 Å². The van der Waals surface area contributed by atoms with Crippen molar-refractivity contribution in [2.75, 3.05) is 0 Å².